The van der Waals surface area contributed by atoms with Gasteiger partial charge in [0.15, 0.2) is 0 Å². The second-order valence-corrected chi connectivity index (χ2v) is 7.18. The Morgan fingerprint density at radius 3 is 2.12 bits per heavy atom. The van der Waals surface area contributed by atoms with Crippen LogP contribution in [-0.2, 0) is 9.59 Å². The minimum atomic E-state index is -0.489. The van der Waals surface area contributed by atoms with E-state index in [4.69, 9.17) is 0 Å². The van der Waals surface area contributed by atoms with Crippen LogP contribution >= 0.6 is 0 Å². The van der Waals surface area contributed by atoms with Crippen molar-refractivity contribution in [3.63, 3.8) is 0 Å². The number of amides is 2. The van der Waals surface area contributed by atoms with E-state index in [-0.39, 0.29) is 41.2 Å². The first-order valence-electron chi connectivity index (χ1n) is 8.31. The van der Waals surface area contributed by atoms with Crippen molar-refractivity contribution in [1.29, 1.82) is 0 Å². The van der Waals surface area contributed by atoms with Crippen LogP contribution in [0.1, 0.15) is 19.4 Å². The number of nitro benzene ring substituents is 1. The number of fused-ring (bicyclic) bond motifs is 5. The molecular weight excluding hydrogens is 320 g/mol. The topological polar surface area (TPSA) is 80.5 Å². The molecule has 1 saturated carbocycles. The van der Waals surface area contributed by atoms with Gasteiger partial charge in [-0.1, -0.05) is 29.4 Å². The predicted octanol–water partition coefficient (Wildman–Crippen LogP) is 3.16. The van der Waals surface area contributed by atoms with Gasteiger partial charge in [0.2, 0.25) is 11.8 Å². The molecule has 4 atom stereocenters. The zero-order valence-corrected chi connectivity index (χ0v) is 14.2. The molecule has 0 N–H and O–H groups in total. The molecule has 1 heterocycles. The predicted molar refractivity (Wildman–Crippen MR) is 91.8 cm³/mol. The Morgan fingerprint density at radius 2 is 1.64 bits per heavy atom. The highest BCUT2D eigenvalue weighted by atomic mass is 16.6. The molecule has 3 aliphatic rings. The Balaban J connectivity index is 1.76. The lowest BCUT2D eigenvalue weighted by Gasteiger charge is -2.19. The van der Waals surface area contributed by atoms with Crippen molar-refractivity contribution in [2.45, 2.75) is 20.8 Å². The summed E-state index contributed by atoms with van der Waals surface area (Å²) in [5.41, 5.74) is 3.06. The van der Waals surface area contributed by atoms with Gasteiger partial charge in [0.1, 0.15) is 0 Å². The van der Waals surface area contributed by atoms with Gasteiger partial charge in [-0.3, -0.25) is 19.7 Å². The SMILES string of the molecule is CC(C)=C1[C@H]2C=C[C@H]1[C@H]1C(=O)N(c3ccc(C)c([N+](=O)[O-])c3)C(=O)[C@@H]12. The number of carbonyl (C=O) groups excluding carboxylic acids is 2. The van der Waals surface area contributed by atoms with Crippen molar-refractivity contribution >= 4 is 23.2 Å². The molecule has 2 bridgehead atoms. The number of aryl methyl sites for hydroxylation is 1. The molecule has 1 aromatic carbocycles. The normalized spacial score (nSPS) is 29.6. The van der Waals surface area contributed by atoms with Crippen molar-refractivity contribution < 1.29 is 14.5 Å². The second-order valence-electron chi connectivity index (χ2n) is 7.18. The maximum absolute atomic E-state index is 13.0. The standard InChI is InChI=1S/C19H18N2O4/c1-9(2)15-12-6-7-13(15)17-16(12)18(22)20(19(17)23)11-5-4-10(3)14(8-11)21(24)25/h4-8,12-13,16-17H,1-3H3/t12-,13-,16-,17-/m1/s1. The van der Waals surface area contributed by atoms with Crippen molar-refractivity contribution in [2.75, 3.05) is 4.90 Å². The number of rotatable bonds is 2. The monoisotopic (exact) mass is 338 g/mol. The molecule has 0 spiro atoms. The number of nitrogens with zero attached hydrogens (tertiary/aromatic N) is 2. The average Bonchev–Trinajstić information content (AvgIpc) is 3.18. The molecule has 1 saturated heterocycles. The van der Waals surface area contributed by atoms with Crippen LogP contribution in [0.2, 0.25) is 0 Å². The summed E-state index contributed by atoms with van der Waals surface area (Å²) in [6.45, 7) is 5.66. The summed E-state index contributed by atoms with van der Waals surface area (Å²) in [5, 5.41) is 11.2. The lowest BCUT2D eigenvalue weighted by atomic mass is 9.85. The molecule has 2 amide bonds. The summed E-state index contributed by atoms with van der Waals surface area (Å²) in [6.07, 6.45) is 4.06. The molecule has 2 fully saturated rings. The van der Waals surface area contributed by atoms with Crippen molar-refractivity contribution in [3.05, 3.63) is 57.2 Å². The number of imide groups is 1. The van der Waals surface area contributed by atoms with Gasteiger partial charge in [0, 0.05) is 23.5 Å². The highest BCUT2D eigenvalue weighted by Gasteiger charge is 2.62. The molecule has 0 unspecified atom stereocenters. The van der Waals surface area contributed by atoms with E-state index in [1.54, 1.807) is 19.1 Å². The Morgan fingerprint density at radius 1 is 1.08 bits per heavy atom. The third-order valence-electron chi connectivity index (χ3n) is 5.64. The third-order valence-corrected chi connectivity index (χ3v) is 5.64. The van der Waals surface area contributed by atoms with Crippen LogP contribution < -0.4 is 4.90 Å². The van der Waals surface area contributed by atoms with Gasteiger partial charge in [-0.2, -0.15) is 0 Å². The van der Waals surface area contributed by atoms with Crippen molar-refractivity contribution in [2.24, 2.45) is 23.7 Å². The fourth-order valence-corrected chi connectivity index (χ4v) is 4.62. The molecule has 6 heteroatoms. The summed E-state index contributed by atoms with van der Waals surface area (Å²) in [6, 6.07) is 4.51. The van der Waals surface area contributed by atoms with Crippen molar-refractivity contribution in [3.8, 4) is 0 Å². The second kappa shape index (κ2) is 5.12. The number of benzene rings is 1. The Bertz CT molecular complexity index is 861. The summed E-state index contributed by atoms with van der Waals surface area (Å²) in [4.78, 5) is 37.8. The van der Waals surface area contributed by atoms with Crippen molar-refractivity contribution in [1.82, 2.24) is 0 Å². The molecule has 1 aromatic rings. The number of nitro groups is 1. The van der Waals surface area contributed by atoms with Gasteiger partial charge in [0.25, 0.3) is 5.69 Å². The van der Waals surface area contributed by atoms with Gasteiger partial charge < -0.3 is 0 Å². The largest absolute Gasteiger partial charge is 0.274 e. The number of hydrogen-bond acceptors (Lipinski definition) is 4. The van der Waals surface area contributed by atoms with Crippen LogP contribution in [0.5, 0.6) is 0 Å². The first-order chi connectivity index (χ1) is 11.8. The fraction of sp³-hybridized carbons (Fsp3) is 0.368. The third kappa shape index (κ3) is 1.97. The van der Waals surface area contributed by atoms with Crippen LogP contribution in [0, 0.1) is 40.7 Å². The first kappa shape index (κ1) is 15.7. The molecule has 0 radical (unpaired) electrons. The van der Waals surface area contributed by atoms with E-state index in [9.17, 15) is 19.7 Å². The van der Waals surface area contributed by atoms with Crippen LogP contribution in [0.4, 0.5) is 11.4 Å². The highest BCUT2D eigenvalue weighted by Crippen LogP contribution is 2.57. The summed E-state index contributed by atoms with van der Waals surface area (Å²) in [7, 11) is 0. The molecule has 25 heavy (non-hydrogen) atoms. The van der Waals surface area contributed by atoms with Gasteiger partial charge in [-0.05, 0) is 26.8 Å². The van der Waals surface area contributed by atoms with Crippen LogP contribution in [-0.4, -0.2) is 16.7 Å². The lowest BCUT2D eigenvalue weighted by molar-refractivity contribution is -0.385. The number of carbonyl (C=O) groups is 2. The molecule has 2 aliphatic carbocycles. The quantitative estimate of drug-likeness (QED) is 0.359. The molecule has 1 aliphatic heterocycles. The van der Waals surface area contributed by atoms with E-state index in [1.165, 1.54) is 11.6 Å². The maximum Gasteiger partial charge on any atom is 0.274 e. The molecule has 128 valence electrons. The first-order valence-corrected chi connectivity index (χ1v) is 8.31. The zero-order valence-electron chi connectivity index (χ0n) is 14.2. The van der Waals surface area contributed by atoms with E-state index in [0.29, 0.717) is 11.3 Å². The van der Waals surface area contributed by atoms with Gasteiger partial charge >= 0.3 is 0 Å². The van der Waals surface area contributed by atoms with Gasteiger partial charge in [-0.25, -0.2) is 4.90 Å². The Hall–Kier alpha value is -2.76. The van der Waals surface area contributed by atoms with E-state index in [1.807, 2.05) is 26.0 Å². The minimum absolute atomic E-state index is 0.0260. The van der Waals surface area contributed by atoms with Gasteiger partial charge in [-0.15, -0.1) is 0 Å². The Labute approximate surface area is 145 Å². The summed E-state index contributed by atoms with van der Waals surface area (Å²) >= 11 is 0. The van der Waals surface area contributed by atoms with Gasteiger partial charge in [0.05, 0.1) is 22.4 Å². The zero-order chi connectivity index (χ0) is 18.0. The maximum atomic E-state index is 13.0. The van der Waals surface area contributed by atoms with Crippen LogP contribution in [0.15, 0.2) is 41.5 Å². The highest BCUT2D eigenvalue weighted by molar-refractivity contribution is 6.23. The number of allylic oxidation sites excluding steroid dienone is 4. The summed E-state index contributed by atoms with van der Waals surface area (Å²) < 4.78 is 0. The van der Waals surface area contributed by atoms with E-state index in [2.05, 4.69) is 0 Å². The Kier molecular flexibility index (Phi) is 3.22. The van der Waals surface area contributed by atoms with E-state index >= 15 is 0 Å². The molecule has 0 aromatic heterocycles. The number of hydrogen-bond donors (Lipinski definition) is 0. The molecule has 4 rings (SSSR count). The minimum Gasteiger partial charge on any atom is -0.274 e. The average molecular weight is 338 g/mol. The van der Waals surface area contributed by atoms with E-state index < -0.39 is 4.92 Å². The van der Waals surface area contributed by atoms with Crippen LogP contribution in [0.3, 0.4) is 0 Å². The lowest BCUT2D eigenvalue weighted by Crippen LogP contribution is -2.33. The smallest absolute Gasteiger partial charge is 0.274 e. The van der Waals surface area contributed by atoms with E-state index in [0.717, 1.165) is 10.5 Å². The molecular formula is C19H18N2O4. The molecule has 6 nitrogen and oxygen atoms in total. The van der Waals surface area contributed by atoms with Crippen LogP contribution in [0.25, 0.3) is 0 Å². The summed E-state index contributed by atoms with van der Waals surface area (Å²) in [5.74, 6) is -1.31. The number of anilines is 1. The fourth-order valence-electron chi connectivity index (χ4n) is 4.62.